The van der Waals surface area contributed by atoms with Crippen LogP contribution in [0.3, 0.4) is 0 Å². The molecule has 3 rings (SSSR count). The van der Waals surface area contributed by atoms with Gasteiger partial charge < -0.3 is 19.6 Å². The molecule has 1 heterocycles. The number of benzene rings is 2. The Bertz CT molecular complexity index is 952. The highest BCUT2D eigenvalue weighted by Gasteiger charge is 2.32. The van der Waals surface area contributed by atoms with Gasteiger partial charge in [0.05, 0.1) is 10.6 Å². The first-order valence-electron chi connectivity index (χ1n) is 6.80. The second-order valence-corrected chi connectivity index (χ2v) is 5.38. The van der Waals surface area contributed by atoms with E-state index in [1.807, 2.05) is 0 Å². The summed E-state index contributed by atoms with van der Waals surface area (Å²) < 4.78 is 45.6. The number of ether oxygens (including phenoxy) is 1. The largest absolute Gasteiger partial charge is 0.573 e. The van der Waals surface area contributed by atoms with Gasteiger partial charge in [-0.15, -0.1) is 13.2 Å². The van der Waals surface area contributed by atoms with Crippen molar-refractivity contribution >= 4 is 34.2 Å². The molecule has 0 radical (unpaired) electrons. The predicted octanol–water partition coefficient (Wildman–Crippen LogP) is 4.94. The third kappa shape index (κ3) is 3.80. The molecule has 25 heavy (non-hydrogen) atoms. The van der Waals surface area contributed by atoms with E-state index in [2.05, 4.69) is 10.1 Å². The number of carbonyl (C=O) groups is 1. The molecule has 2 aromatic carbocycles. The van der Waals surface area contributed by atoms with Crippen LogP contribution >= 0.6 is 11.6 Å². The van der Waals surface area contributed by atoms with E-state index in [9.17, 15) is 23.1 Å². The minimum Gasteiger partial charge on any atom is -0.508 e. The fraction of sp³-hybridized carbons (Fsp3) is 0.0625. The number of alkyl halides is 3. The van der Waals surface area contributed by atoms with Gasteiger partial charge in [-0.25, -0.2) is 0 Å². The van der Waals surface area contributed by atoms with Gasteiger partial charge in [0.2, 0.25) is 0 Å². The van der Waals surface area contributed by atoms with Crippen molar-refractivity contribution in [2.24, 2.45) is 0 Å². The van der Waals surface area contributed by atoms with Crippen LogP contribution in [0.15, 0.2) is 47.1 Å². The van der Waals surface area contributed by atoms with Crippen molar-refractivity contribution in [1.29, 1.82) is 0 Å². The molecule has 0 aliphatic heterocycles. The summed E-state index contributed by atoms with van der Waals surface area (Å²) in [7, 11) is 0. The van der Waals surface area contributed by atoms with Crippen LogP contribution in [0.4, 0.5) is 18.9 Å². The van der Waals surface area contributed by atoms with Gasteiger partial charge in [-0.2, -0.15) is 0 Å². The molecule has 0 aliphatic rings. The molecule has 0 bridgehead atoms. The average Bonchev–Trinajstić information content (AvgIpc) is 2.92. The number of furan rings is 1. The topological polar surface area (TPSA) is 71.7 Å². The fourth-order valence-corrected chi connectivity index (χ4v) is 2.40. The first-order chi connectivity index (χ1) is 11.7. The molecule has 3 aromatic rings. The lowest BCUT2D eigenvalue weighted by Gasteiger charge is -2.11. The van der Waals surface area contributed by atoms with E-state index in [-0.39, 0.29) is 22.0 Å². The Morgan fingerprint density at radius 1 is 1.20 bits per heavy atom. The molecular weight excluding hydrogens is 363 g/mol. The maximum atomic E-state index is 12.3. The van der Waals surface area contributed by atoms with Crippen LogP contribution in [0.5, 0.6) is 11.5 Å². The van der Waals surface area contributed by atoms with Crippen molar-refractivity contribution in [3.8, 4) is 11.5 Å². The zero-order chi connectivity index (χ0) is 18.2. The monoisotopic (exact) mass is 371 g/mol. The van der Waals surface area contributed by atoms with E-state index in [0.717, 1.165) is 12.1 Å². The van der Waals surface area contributed by atoms with Gasteiger partial charge in [0.1, 0.15) is 23.3 Å². The van der Waals surface area contributed by atoms with Gasteiger partial charge in [0.15, 0.2) is 0 Å². The standard InChI is InChI=1S/C16H9ClF3NO4/c17-12-5-8(1-4-13(12)25-16(18,19)20)21-15(23)11-7-24-14-6-9(22)2-3-10(11)14/h1-7,22H,(H,21,23). The second-order valence-electron chi connectivity index (χ2n) is 4.98. The van der Waals surface area contributed by atoms with Gasteiger partial charge >= 0.3 is 6.36 Å². The van der Waals surface area contributed by atoms with Crippen LogP contribution in [-0.4, -0.2) is 17.4 Å². The maximum Gasteiger partial charge on any atom is 0.573 e. The molecule has 2 N–H and O–H groups in total. The molecule has 0 unspecified atom stereocenters. The molecule has 9 heteroatoms. The van der Waals surface area contributed by atoms with E-state index in [1.165, 1.54) is 30.5 Å². The zero-order valence-electron chi connectivity index (χ0n) is 12.2. The van der Waals surface area contributed by atoms with Crippen molar-refractivity contribution in [3.63, 3.8) is 0 Å². The van der Waals surface area contributed by atoms with Crippen LogP contribution in [0.2, 0.25) is 5.02 Å². The van der Waals surface area contributed by atoms with Gasteiger partial charge in [-0.3, -0.25) is 4.79 Å². The highest BCUT2D eigenvalue weighted by atomic mass is 35.5. The van der Waals surface area contributed by atoms with E-state index in [4.69, 9.17) is 16.0 Å². The van der Waals surface area contributed by atoms with Crippen LogP contribution in [-0.2, 0) is 0 Å². The summed E-state index contributed by atoms with van der Waals surface area (Å²) in [6.07, 6.45) is -3.65. The Morgan fingerprint density at radius 2 is 1.96 bits per heavy atom. The van der Waals surface area contributed by atoms with E-state index in [0.29, 0.717) is 11.0 Å². The molecule has 0 atom stereocenters. The van der Waals surface area contributed by atoms with Crippen molar-refractivity contribution in [3.05, 3.63) is 53.2 Å². The Balaban J connectivity index is 1.82. The second kappa shape index (κ2) is 6.21. The maximum absolute atomic E-state index is 12.3. The molecule has 5 nitrogen and oxygen atoms in total. The number of rotatable bonds is 3. The summed E-state index contributed by atoms with van der Waals surface area (Å²) in [5.74, 6) is -1.14. The number of nitrogens with one attached hydrogen (secondary N) is 1. The predicted molar refractivity (Wildman–Crippen MR) is 84.0 cm³/mol. The number of carbonyl (C=O) groups excluding carboxylic acids is 1. The van der Waals surface area contributed by atoms with Crippen LogP contribution in [0.1, 0.15) is 10.4 Å². The number of fused-ring (bicyclic) bond motifs is 1. The van der Waals surface area contributed by atoms with Crippen molar-refractivity contribution in [2.75, 3.05) is 5.32 Å². The summed E-state index contributed by atoms with van der Waals surface area (Å²) in [6, 6.07) is 7.61. The number of aromatic hydroxyl groups is 1. The first-order valence-corrected chi connectivity index (χ1v) is 7.17. The quantitative estimate of drug-likeness (QED) is 0.684. The summed E-state index contributed by atoms with van der Waals surface area (Å²) in [6.45, 7) is 0. The number of phenolic OH excluding ortho intramolecular Hbond substituents is 1. The molecule has 1 aromatic heterocycles. The lowest BCUT2D eigenvalue weighted by Crippen LogP contribution is -2.17. The Morgan fingerprint density at radius 3 is 2.64 bits per heavy atom. The molecule has 0 fully saturated rings. The van der Waals surface area contributed by atoms with Gasteiger partial charge in [0, 0.05) is 17.1 Å². The smallest absolute Gasteiger partial charge is 0.508 e. The summed E-state index contributed by atoms with van der Waals surface area (Å²) in [5.41, 5.74) is 0.691. The summed E-state index contributed by atoms with van der Waals surface area (Å²) >= 11 is 5.73. The summed E-state index contributed by atoms with van der Waals surface area (Å²) in [4.78, 5) is 12.3. The van der Waals surface area contributed by atoms with E-state index < -0.39 is 18.0 Å². The molecule has 130 valence electrons. The molecule has 0 aliphatic carbocycles. The van der Waals surface area contributed by atoms with E-state index in [1.54, 1.807) is 0 Å². The Hall–Kier alpha value is -2.87. The zero-order valence-corrected chi connectivity index (χ0v) is 13.0. The Kier molecular flexibility index (Phi) is 4.22. The number of anilines is 1. The molecule has 0 saturated heterocycles. The lowest BCUT2D eigenvalue weighted by molar-refractivity contribution is -0.274. The minimum atomic E-state index is -4.87. The van der Waals surface area contributed by atoms with Gasteiger partial charge in [0.25, 0.3) is 5.91 Å². The van der Waals surface area contributed by atoms with Crippen molar-refractivity contribution < 1.29 is 32.2 Å². The van der Waals surface area contributed by atoms with Crippen molar-refractivity contribution in [2.45, 2.75) is 6.36 Å². The highest BCUT2D eigenvalue weighted by molar-refractivity contribution is 6.32. The number of halogens is 4. The molecule has 0 spiro atoms. The normalized spacial score (nSPS) is 11.5. The van der Waals surface area contributed by atoms with E-state index >= 15 is 0 Å². The number of amides is 1. The lowest BCUT2D eigenvalue weighted by atomic mass is 10.1. The highest BCUT2D eigenvalue weighted by Crippen LogP contribution is 2.32. The summed E-state index contributed by atoms with van der Waals surface area (Å²) in [5, 5.41) is 12.0. The van der Waals surface area contributed by atoms with Crippen molar-refractivity contribution in [1.82, 2.24) is 0 Å². The minimum absolute atomic E-state index is 0.0131. The first kappa shape index (κ1) is 17.0. The van der Waals surface area contributed by atoms with Gasteiger partial charge in [-0.05, 0) is 30.3 Å². The van der Waals surface area contributed by atoms with Crippen LogP contribution in [0.25, 0.3) is 11.0 Å². The third-order valence-electron chi connectivity index (χ3n) is 3.22. The Labute approximate surface area is 143 Å². The fourth-order valence-electron chi connectivity index (χ4n) is 2.18. The molecular formula is C16H9ClF3NO4. The third-order valence-corrected chi connectivity index (χ3v) is 3.51. The van der Waals surface area contributed by atoms with Crippen LogP contribution in [0, 0.1) is 0 Å². The van der Waals surface area contributed by atoms with Gasteiger partial charge in [-0.1, -0.05) is 11.6 Å². The number of phenols is 1. The average molecular weight is 372 g/mol. The number of hydrogen-bond donors (Lipinski definition) is 2. The SMILES string of the molecule is O=C(Nc1ccc(OC(F)(F)F)c(Cl)c1)c1coc2cc(O)ccc12. The molecule has 0 saturated carbocycles. The van der Waals surface area contributed by atoms with Crippen LogP contribution < -0.4 is 10.1 Å². The number of hydrogen-bond acceptors (Lipinski definition) is 4. The molecule has 1 amide bonds.